The van der Waals surface area contributed by atoms with Gasteiger partial charge in [0.25, 0.3) is 5.91 Å². The molecule has 0 aliphatic heterocycles. The number of nitrogens with one attached hydrogen (secondary N) is 2. The molecule has 19 heavy (non-hydrogen) atoms. The molecule has 4 nitrogen and oxygen atoms in total. The fraction of sp³-hybridized carbons (Fsp3) is 0.200. The van der Waals surface area contributed by atoms with E-state index < -0.39 is 0 Å². The molecule has 4 heteroatoms. The Kier molecular flexibility index (Phi) is 3.80. The second-order valence-electron chi connectivity index (χ2n) is 4.68. The zero-order chi connectivity index (χ0) is 13.8. The van der Waals surface area contributed by atoms with Gasteiger partial charge >= 0.3 is 0 Å². The molecule has 0 radical (unpaired) electrons. The summed E-state index contributed by atoms with van der Waals surface area (Å²) < 4.78 is 0. The van der Waals surface area contributed by atoms with Gasteiger partial charge in [-0.05, 0) is 35.7 Å². The SMILES string of the molecule is CC(C)c1ccc(NC(=O)c2ccc(C=O)[nH]2)cc1. The van der Waals surface area contributed by atoms with E-state index in [1.165, 1.54) is 5.56 Å². The van der Waals surface area contributed by atoms with Crippen LogP contribution in [-0.2, 0) is 0 Å². The van der Waals surface area contributed by atoms with Crippen molar-refractivity contribution >= 4 is 17.9 Å². The van der Waals surface area contributed by atoms with Crippen molar-refractivity contribution in [2.24, 2.45) is 0 Å². The first kappa shape index (κ1) is 13.1. The van der Waals surface area contributed by atoms with Crippen molar-refractivity contribution in [3.8, 4) is 0 Å². The Morgan fingerprint density at radius 1 is 1.16 bits per heavy atom. The van der Waals surface area contributed by atoms with Gasteiger partial charge < -0.3 is 10.3 Å². The molecule has 98 valence electrons. The number of aromatic amines is 1. The molecular weight excluding hydrogens is 240 g/mol. The van der Waals surface area contributed by atoms with Gasteiger partial charge in [-0.15, -0.1) is 0 Å². The molecule has 2 N–H and O–H groups in total. The lowest BCUT2D eigenvalue weighted by atomic mass is 10.0. The van der Waals surface area contributed by atoms with Crippen LogP contribution in [0.4, 0.5) is 5.69 Å². The topological polar surface area (TPSA) is 62.0 Å². The first-order chi connectivity index (χ1) is 9.10. The van der Waals surface area contributed by atoms with E-state index in [9.17, 15) is 9.59 Å². The summed E-state index contributed by atoms with van der Waals surface area (Å²) in [6, 6.07) is 10.9. The van der Waals surface area contributed by atoms with Crippen LogP contribution in [-0.4, -0.2) is 17.2 Å². The first-order valence-corrected chi connectivity index (χ1v) is 6.15. The monoisotopic (exact) mass is 256 g/mol. The third-order valence-electron chi connectivity index (χ3n) is 2.92. The Morgan fingerprint density at radius 2 is 1.84 bits per heavy atom. The molecule has 1 aromatic carbocycles. The number of benzene rings is 1. The summed E-state index contributed by atoms with van der Waals surface area (Å²) in [5, 5.41) is 2.78. The van der Waals surface area contributed by atoms with Crippen molar-refractivity contribution < 1.29 is 9.59 Å². The molecule has 1 aromatic heterocycles. The Morgan fingerprint density at radius 3 is 2.37 bits per heavy atom. The predicted molar refractivity (Wildman–Crippen MR) is 74.7 cm³/mol. The second kappa shape index (κ2) is 5.52. The summed E-state index contributed by atoms with van der Waals surface area (Å²) in [6.45, 7) is 4.24. The quantitative estimate of drug-likeness (QED) is 0.825. The van der Waals surface area contributed by atoms with E-state index in [1.54, 1.807) is 12.1 Å². The van der Waals surface area contributed by atoms with Gasteiger partial charge in [-0.1, -0.05) is 26.0 Å². The molecule has 0 bridgehead atoms. The first-order valence-electron chi connectivity index (χ1n) is 6.15. The van der Waals surface area contributed by atoms with Crippen LogP contribution >= 0.6 is 0 Å². The maximum absolute atomic E-state index is 11.9. The number of rotatable bonds is 4. The van der Waals surface area contributed by atoms with E-state index >= 15 is 0 Å². The van der Waals surface area contributed by atoms with Crippen LogP contribution in [0, 0.1) is 0 Å². The highest BCUT2D eigenvalue weighted by Crippen LogP contribution is 2.17. The molecule has 2 aromatic rings. The standard InChI is InChI=1S/C15H16N2O2/c1-10(2)11-3-5-12(6-4-11)17-15(19)14-8-7-13(9-18)16-14/h3-10,16H,1-2H3,(H,17,19). The Bertz CT molecular complexity index is 582. The predicted octanol–water partition coefficient (Wildman–Crippen LogP) is 3.20. The summed E-state index contributed by atoms with van der Waals surface area (Å²) in [7, 11) is 0. The minimum atomic E-state index is -0.259. The fourth-order valence-electron chi connectivity index (χ4n) is 1.76. The lowest BCUT2D eigenvalue weighted by Gasteiger charge is -2.07. The zero-order valence-electron chi connectivity index (χ0n) is 10.9. The van der Waals surface area contributed by atoms with Gasteiger partial charge in [-0.25, -0.2) is 0 Å². The number of H-pyrrole nitrogens is 1. The Balaban J connectivity index is 2.08. The van der Waals surface area contributed by atoms with Crippen LogP contribution < -0.4 is 5.32 Å². The number of anilines is 1. The summed E-state index contributed by atoms with van der Waals surface area (Å²) >= 11 is 0. The van der Waals surface area contributed by atoms with E-state index in [0.29, 0.717) is 23.6 Å². The molecule has 1 heterocycles. The lowest BCUT2D eigenvalue weighted by molar-refractivity contribution is 0.102. The van der Waals surface area contributed by atoms with Gasteiger partial charge in [-0.2, -0.15) is 0 Å². The van der Waals surface area contributed by atoms with Gasteiger partial charge in [0.2, 0.25) is 0 Å². The van der Waals surface area contributed by atoms with Crippen LogP contribution in [0.25, 0.3) is 0 Å². The van der Waals surface area contributed by atoms with Crippen LogP contribution in [0.2, 0.25) is 0 Å². The third-order valence-corrected chi connectivity index (χ3v) is 2.92. The van der Waals surface area contributed by atoms with Crippen LogP contribution in [0.3, 0.4) is 0 Å². The van der Waals surface area contributed by atoms with E-state index in [4.69, 9.17) is 0 Å². The summed E-state index contributed by atoms with van der Waals surface area (Å²) in [5.41, 5.74) is 2.72. The lowest BCUT2D eigenvalue weighted by Crippen LogP contribution is -2.12. The number of aromatic nitrogens is 1. The molecule has 0 saturated heterocycles. The van der Waals surface area contributed by atoms with Gasteiger partial charge in [-0.3, -0.25) is 9.59 Å². The largest absolute Gasteiger partial charge is 0.348 e. The number of aldehydes is 1. The van der Waals surface area contributed by atoms with E-state index in [0.717, 1.165) is 5.69 Å². The fourth-order valence-corrected chi connectivity index (χ4v) is 1.76. The maximum atomic E-state index is 11.9. The smallest absolute Gasteiger partial charge is 0.272 e. The molecule has 0 saturated carbocycles. The molecule has 1 amide bonds. The summed E-state index contributed by atoms with van der Waals surface area (Å²) in [5.74, 6) is 0.203. The van der Waals surface area contributed by atoms with Crippen LogP contribution in [0.1, 0.15) is 46.3 Å². The Labute approximate surface area is 111 Å². The number of amides is 1. The number of carbonyl (C=O) groups is 2. The van der Waals surface area contributed by atoms with Crippen molar-refractivity contribution in [1.82, 2.24) is 4.98 Å². The average Bonchev–Trinajstić information content (AvgIpc) is 2.88. The van der Waals surface area contributed by atoms with Crippen molar-refractivity contribution in [3.05, 3.63) is 53.3 Å². The van der Waals surface area contributed by atoms with E-state index in [2.05, 4.69) is 24.1 Å². The van der Waals surface area contributed by atoms with Gasteiger partial charge in [0.05, 0.1) is 5.69 Å². The summed E-state index contributed by atoms with van der Waals surface area (Å²) in [4.78, 5) is 25.2. The van der Waals surface area contributed by atoms with Crippen LogP contribution in [0.15, 0.2) is 36.4 Å². The molecule has 0 aliphatic rings. The highest BCUT2D eigenvalue weighted by molar-refractivity contribution is 6.03. The second-order valence-corrected chi connectivity index (χ2v) is 4.68. The molecule has 0 fully saturated rings. The zero-order valence-corrected chi connectivity index (χ0v) is 10.9. The highest BCUT2D eigenvalue weighted by Gasteiger charge is 2.08. The molecular formula is C15H16N2O2. The molecule has 0 spiro atoms. The number of hydrogen-bond donors (Lipinski definition) is 2. The molecule has 0 aliphatic carbocycles. The molecule has 2 rings (SSSR count). The van der Waals surface area contributed by atoms with Crippen molar-refractivity contribution in [2.75, 3.05) is 5.32 Å². The number of carbonyl (C=O) groups excluding carboxylic acids is 2. The highest BCUT2D eigenvalue weighted by atomic mass is 16.2. The molecule has 0 unspecified atom stereocenters. The van der Waals surface area contributed by atoms with Crippen molar-refractivity contribution in [2.45, 2.75) is 19.8 Å². The molecule has 0 atom stereocenters. The average molecular weight is 256 g/mol. The van der Waals surface area contributed by atoms with Gasteiger partial charge in [0.15, 0.2) is 6.29 Å². The summed E-state index contributed by atoms with van der Waals surface area (Å²) in [6.07, 6.45) is 0.675. The normalized spacial score (nSPS) is 10.5. The third kappa shape index (κ3) is 3.10. The van der Waals surface area contributed by atoms with Crippen LogP contribution in [0.5, 0.6) is 0 Å². The minimum absolute atomic E-state index is 0.259. The number of hydrogen-bond acceptors (Lipinski definition) is 2. The van der Waals surface area contributed by atoms with Gasteiger partial charge in [0.1, 0.15) is 5.69 Å². The van der Waals surface area contributed by atoms with Crippen molar-refractivity contribution in [1.29, 1.82) is 0 Å². The van der Waals surface area contributed by atoms with E-state index in [1.807, 2.05) is 24.3 Å². The van der Waals surface area contributed by atoms with Gasteiger partial charge in [0, 0.05) is 5.69 Å². The van der Waals surface area contributed by atoms with Crippen molar-refractivity contribution in [3.63, 3.8) is 0 Å². The Hall–Kier alpha value is -2.36. The minimum Gasteiger partial charge on any atom is -0.348 e. The maximum Gasteiger partial charge on any atom is 0.272 e. The van der Waals surface area contributed by atoms with E-state index in [-0.39, 0.29) is 5.91 Å².